The maximum Gasteiger partial charge on any atom is 0.119 e. The van der Waals surface area contributed by atoms with Crippen molar-refractivity contribution in [2.75, 3.05) is 13.7 Å². The summed E-state index contributed by atoms with van der Waals surface area (Å²) in [6.45, 7) is 7.81. The number of hydrogen-bond acceptors (Lipinski definition) is 2. The summed E-state index contributed by atoms with van der Waals surface area (Å²) in [4.78, 5) is 0. The topological polar surface area (TPSA) is 21.3 Å². The molecular formula is C19H25NO. The maximum absolute atomic E-state index is 5.28. The molecule has 3 rings (SSSR count). The van der Waals surface area contributed by atoms with Crippen LogP contribution in [-0.2, 0) is 0 Å². The third-order valence-electron chi connectivity index (χ3n) is 4.32. The van der Waals surface area contributed by atoms with Crippen LogP contribution in [0.3, 0.4) is 0 Å². The monoisotopic (exact) mass is 283 g/mol. The Morgan fingerprint density at radius 1 is 1.10 bits per heavy atom. The standard InChI is InChI=1S/C19H25NO/c1-19(2,3)20-12-16-11-18(16)15-6-5-14-10-17(21-4)8-7-13(14)9-15/h5-10,16,18,20H,11-12H2,1-4H3. The number of rotatable bonds is 4. The number of ether oxygens (including phenoxy) is 1. The van der Waals surface area contributed by atoms with Crippen LogP contribution in [0.4, 0.5) is 0 Å². The lowest BCUT2D eigenvalue weighted by atomic mass is 10.0. The van der Waals surface area contributed by atoms with Gasteiger partial charge in [-0.3, -0.25) is 0 Å². The number of nitrogens with one attached hydrogen (secondary N) is 1. The van der Waals surface area contributed by atoms with Crippen molar-refractivity contribution in [1.29, 1.82) is 0 Å². The molecule has 1 saturated carbocycles. The van der Waals surface area contributed by atoms with Gasteiger partial charge in [-0.15, -0.1) is 0 Å². The summed E-state index contributed by atoms with van der Waals surface area (Å²) >= 11 is 0. The lowest BCUT2D eigenvalue weighted by Gasteiger charge is -2.20. The van der Waals surface area contributed by atoms with Crippen LogP contribution in [0.15, 0.2) is 36.4 Å². The molecule has 2 atom stereocenters. The largest absolute Gasteiger partial charge is 0.497 e. The summed E-state index contributed by atoms with van der Waals surface area (Å²) in [6.07, 6.45) is 1.31. The van der Waals surface area contributed by atoms with E-state index >= 15 is 0 Å². The molecule has 0 amide bonds. The highest BCUT2D eigenvalue weighted by molar-refractivity contribution is 5.84. The zero-order chi connectivity index (χ0) is 15.0. The summed E-state index contributed by atoms with van der Waals surface area (Å²) < 4.78 is 5.28. The van der Waals surface area contributed by atoms with Crippen LogP contribution >= 0.6 is 0 Å². The number of benzene rings is 2. The third-order valence-corrected chi connectivity index (χ3v) is 4.32. The molecule has 0 bridgehead atoms. The molecule has 1 fully saturated rings. The molecule has 2 aromatic carbocycles. The predicted molar refractivity (Wildman–Crippen MR) is 89.1 cm³/mol. The van der Waals surface area contributed by atoms with Crippen LogP contribution < -0.4 is 10.1 Å². The minimum atomic E-state index is 0.215. The average Bonchev–Trinajstić information content (AvgIpc) is 3.23. The average molecular weight is 283 g/mol. The first-order valence-electron chi connectivity index (χ1n) is 7.79. The van der Waals surface area contributed by atoms with Gasteiger partial charge in [0, 0.05) is 5.54 Å². The molecule has 0 radical (unpaired) electrons. The van der Waals surface area contributed by atoms with Gasteiger partial charge in [0.2, 0.25) is 0 Å². The fourth-order valence-corrected chi connectivity index (χ4v) is 2.92. The number of fused-ring (bicyclic) bond motifs is 1. The molecular weight excluding hydrogens is 258 g/mol. The van der Waals surface area contributed by atoms with Gasteiger partial charge in [-0.05, 0) is 74.0 Å². The van der Waals surface area contributed by atoms with Crippen molar-refractivity contribution in [2.45, 2.75) is 38.6 Å². The Hall–Kier alpha value is -1.54. The van der Waals surface area contributed by atoms with E-state index in [1.807, 2.05) is 6.07 Å². The molecule has 0 saturated heterocycles. The second kappa shape index (κ2) is 5.34. The molecule has 2 nitrogen and oxygen atoms in total. The number of hydrogen-bond donors (Lipinski definition) is 1. The molecule has 0 spiro atoms. The minimum Gasteiger partial charge on any atom is -0.497 e. The van der Waals surface area contributed by atoms with E-state index in [1.165, 1.54) is 22.8 Å². The first-order valence-corrected chi connectivity index (χ1v) is 7.79. The van der Waals surface area contributed by atoms with Gasteiger partial charge in [0.25, 0.3) is 0 Å². The molecule has 0 aromatic heterocycles. The molecule has 1 aliphatic carbocycles. The Morgan fingerprint density at radius 2 is 1.81 bits per heavy atom. The van der Waals surface area contributed by atoms with Gasteiger partial charge in [0.1, 0.15) is 5.75 Å². The van der Waals surface area contributed by atoms with E-state index in [4.69, 9.17) is 4.74 Å². The SMILES string of the molecule is COc1ccc2cc(C3CC3CNC(C)(C)C)ccc2c1. The molecule has 0 aliphatic heterocycles. The first-order chi connectivity index (χ1) is 9.96. The van der Waals surface area contributed by atoms with Gasteiger partial charge >= 0.3 is 0 Å². The second-order valence-corrected chi connectivity index (χ2v) is 7.21. The van der Waals surface area contributed by atoms with Crippen LogP contribution in [0.25, 0.3) is 10.8 Å². The van der Waals surface area contributed by atoms with Gasteiger partial charge in [0.15, 0.2) is 0 Å². The highest BCUT2D eigenvalue weighted by atomic mass is 16.5. The minimum absolute atomic E-state index is 0.215. The molecule has 2 heteroatoms. The fourth-order valence-electron chi connectivity index (χ4n) is 2.92. The summed E-state index contributed by atoms with van der Waals surface area (Å²) in [5.74, 6) is 2.44. The van der Waals surface area contributed by atoms with Crippen molar-refractivity contribution in [2.24, 2.45) is 5.92 Å². The summed E-state index contributed by atoms with van der Waals surface area (Å²) in [5.41, 5.74) is 1.70. The molecule has 112 valence electrons. The van der Waals surface area contributed by atoms with Gasteiger partial charge < -0.3 is 10.1 Å². The van der Waals surface area contributed by atoms with Crippen LogP contribution in [0.2, 0.25) is 0 Å². The second-order valence-electron chi connectivity index (χ2n) is 7.21. The smallest absolute Gasteiger partial charge is 0.119 e. The van der Waals surface area contributed by atoms with E-state index in [0.29, 0.717) is 0 Å². The molecule has 1 aliphatic rings. The van der Waals surface area contributed by atoms with Crippen molar-refractivity contribution in [3.05, 3.63) is 42.0 Å². The van der Waals surface area contributed by atoms with Crippen LogP contribution in [-0.4, -0.2) is 19.2 Å². The highest BCUT2D eigenvalue weighted by Crippen LogP contribution is 2.47. The molecule has 1 N–H and O–H groups in total. The zero-order valence-electron chi connectivity index (χ0n) is 13.4. The Labute approximate surface area is 127 Å². The van der Waals surface area contributed by atoms with Crippen molar-refractivity contribution in [3.63, 3.8) is 0 Å². The van der Waals surface area contributed by atoms with E-state index in [-0.39, 0.29) is 5.54 Å². The van der Waals surface area contributed by atoms with Gasteiger partial charge in [-0.1, -0.05) is 24.3 Å². The van der Waals surface area contributed by atoms with E-state index < -0.39 is 0 Å². The summed E-state index contributed by atoms with van der Waals surface area (Å²) in [7, 11) is 1.71. The van der Waals surface area contributed by atoms with E-state index in [2.05, 4.69) is 56.4 Å². The third kappa shape index (κ3) is 3.38. The predicted octanol–water partition coefficient (Wildman–Crippen LogP) is 4.34. The van der Waals surface area contributed by atoms with E-state index in [1.54, 1.807) is 7.11 Å². The fraction of sp³-hybridized carbons (Fsp3) is 0.474. The van der Waals surface area contributed by atoms with Crippen LogP contribution in [0.5, 0.6) is 5.75 Å². The van der Waals surface area contributed by atoms with Gasteiger partial charge in [-0.25, -0.2) is 0 Å². The van der Waals surface area contributed by atoms with E-state index in [9.17, 15) is 0 Å². The molecule has 0 heterocycles. The molecule has 2 unspecified atom stereocenters. The van der Waals surface area contributed by atoms with Crippen molar-refractivity contribution in [1.82, 2.24) is 5.32 Å². The lowest BCUT2D eigenvalue weighted by Crippen LogP contribution is -2.37. The van der Waals surface area contributed by atoms with Crippen molar-refractivity contribution >= 4 is 10.8 Å². The van der Waals surface area contributed by atoms with E-state index in [0.717, 1.165) is 24.1 Å². The Kier molecular flexibility index (Phi) is 3.66. The van der Waals surface area contributed by atoms with Crippen LogP contribution in [0, 0.1) is 5.92 Å². The maximum atomic E-state index is 5.28. The van der Waals surface area contributed by atoms with Crippen LogP contribution in [0.1, 0.15) is 38.7 Å². The molecule has 2 aromatic rings. The zero-order valence-corrected chi connectivity index (χ0v) is 13.4. The normalized spacial score (nSPS) is 21.5. The Morgan fingerprint density at radius 3 is 2.52 bits per heavy atom. The van der Waals surface area contributed by atoms with Crippen molar-refractivity contribution < 1.29 is 4.74 Å². The van der Waals surface area contributed by atoms with Gasteiger partial charge in [0.05, 0.1) is 7.11 Å². The Bertz CT molecular complexity index is 642. The number of methoxy groups -OCH3 is 1. The summed E-state index contributed by atoms with van der Waals surface area (Å²) in [5, 5.41) is 6.18. The van der Waals surface area contributed by atoms with Gasteiger partial charge in [-0.2, -0.15) is 0 Å². The Balaban J connectivity index is 1.71. The van der Waals surface area contributed by atoms with Crippen molar-refractivity contribution in [3.8, 4) is 5.75 Å². The quantitative estimate of drug-likeness (QED) is 0.901. The highest BCUT2D eigenvalue weighted by Gasteiger charge is 2.38. The first kappa shape index (κ1) is 14.4. The summed E-state index contributed by atoms with van der Waals surface area (Å²) in [6, 6.07) is 13.1. The molecule has 21 heavy (non-hydrogen) atoms. The lowest BCUT2D eigenvalue weighted by molar-refractivity contribution is 0.414.